The lowest BCUT2D eigenvalue weighted by atomic mass is 10.00. The molecule has 1 rings (SSSR count). The van der Waals surface area contributed by atoms with Gasteiger partial charge in [-0.15, -0.1) is 0 Å². The monoisotopic (exact) mass is 245 g/mol. The Balaban J connectivity index is 2.09. The Hall–Kier alpha value is -0.160. The van der Waals surface area contributed by atoms with Crippen LogP contribution in [0.25, 0.3) is 0 Å². The molecule has 4 heteroatoms. The van der Waals surface area contributed by atoms with Crippen LogP contribution in [0, 0.1) is 0 Å². The largest absolute Gasteiger partial charge is 0.391 e. The maximum Gasteiger partial charge on any atom is 0.0785 e. The first-order valence-electron chi connectivity index (χ1n) is 6.78. The molecule has 0 aromatic heterocycles. The lowest BCUT2D eigenvalue weighted by Crippen LogP contribution is -2.40. The molecule has 0 aromatic rings. The van der Waals surface area contributed by atoms with Crippen molar-refractivity contribution in [3.63, 3.8) is 0 Å². The van der Waals surface area contributed by atoms with Crippen molar-refractivity contribution >= 4 is 0 Å². The summed E-state index contributed by atoms with van der Waals surface area (Å²) in [5.41, 5.74) is 0. The Morgan fingerprint density at radius 3 is 3.06 bits per heavy atom. The molecule has 3 atom stereocenters. The predicted molar refractivity (Wildman–Crippen MR) is 68.2 cm³/mol. The van der Waals surface area contributed by atoms with Gasteiger partial charge in [-0.25, -0.2) is 0 Å². The second kappa shape index (κ2) is 8.86. The molecule has 0 aromatic carbocycles. The highest BCUT2D eigenvalue weighted by Crippen LogP contribution is 2.17. The summed E-state index contributed by atoms with van der Waals surface area (Å²) < 4.78 is 10.6. The fourth-order valence-electron chi connectivity index (χ4n) is 2.32. The van der Waals surface area contributed by atoms with Crippen molar-refractivity contribution in [3.8, 4) is 0 Å². The Morgan fingerprint density at radius 1 is 1.53 bits per heavy atom. The highest BCUT2D eigenvalue weighted by molar-refractivity contribution is 4.77. The van der Waals surface area contributed by atoms with Gasteiger partial charge >= 0.3 is 0 Å². The first-order chi connectivity index (χ1) is 8.26. The molecule has 102 valence electrons. The molecule has 17 heavy (non-hydrogen) atoms. The lowest BCUT2D eigenvalue weighted by Gasteiger charge is -2.30. The number of hydrogen-bond acceptors (Lipinski definition) is 4. The quantitative estimate of drug-likeness (QED) is 0.677. The highest BCUT2D eigenvalue weighted by Gasteiger charge is 2.21. The minimum absolute atomic E-state index is 0.348. The summed E-state index contributed by atoms with van der Waals surface area (Å²) in [4.78, 5) is 0. The Morgan fingerprint density at radius 2 is 2.35 bits per heavy atom. The van der Waals surface area contributed by atoms with Crippen LogP contribution in [0.15, 0.2) is 0 Å². The van der Waals surface area contributed by atoms with Gasteiger partial charge in [0.2, 0.25) is 0 Å². The normalized spacial score (nSPS) is 27.0. The molecule has 0 aliphatic carbocycles. The van der Waals surface area contributed by atoms with Crippen LogP contribution in [-0.2, 0) is 9.47 Å². The summed E-state index contributed by atoms with van der Waals surface area (Å²) in [6, 6.07) is 0.551. The third-order valence-corrected chi connectivity index (χ3v) is 3.25. The van der Waals surface area contributed by atoms with Gasteiger partial charge in [0.05, 0.1) is 18.8 Å². The predicted octanol–water partition coefficient (Wildman–Crippen LogP) is 1.32. The molecule has 1 aliphatic rings. The number of methoxy groups -OCH3 is 1. The number of rotatable bonds is 8. The van der Waals surface area contributed by atoms with Gasteiger partial charge in [-0.05, 0) is 32.2 Å². The first kappa shape index (κ1) is 14.9. The van der Waals surface area contributed by atoms with Crippen LogP contribution in [0.1, 0.15) is 39.0 Å². The van der Waals surface area contributed by atoms with E-state index in [0.29, 0.717) is 18.8 Å². The van der Waals surface area contributed by atoms with Gasteiger partial charge < -0.3 is 19.9 Å². The van der Waals surface area contributed by atoms with Gasteiger partial charge in [-0.3, -0.25) is 0 Å². The van der Waals surface area contributed by atoms with Crippen molar-refractivity contribution in [2.45, 2.75) is 57.3 Å². The van der Waals surface area contributed by atoms with Crippen molar-refractivity contribution in [1.29, 1.82) is 0 Å². The zero-order valence-electron chi connectivity index (χ0n) is 11.2. The summed E-state index contributed by atoms with van der Waals surface area (Å²) in [7, 11) is 1.62. The first-order valence-corrected chi connectivity index (χ1v) is 6.78. The van der Waals surface area contributed by atoms with Gasteiger partial charge in [0.15, 0.2) is 0 Å². The van der Waals surface area contributed by atoms with Crippen LogP contribution in [0.4, 0.5) is 0 Å². The van der Waals surface area contributed by atoms with Crippen molar-refractivity contribution in [2.24, 2.45) is 0 Å². The molecular weight excluding hydrogens is 218 g/mol. The molecule has 0 spiro atoms. The molecule has 1 fully saturated rings. The van der Waals surface area contributed by atoms with Crippen LogP contribution in [0.2, 0.25) is 0 Å². The summed E-state index contributed by atoms with van der Waals surface area (Å²) in [6.45, 7) is 4.34. The molecule has 3 unspecified atom stereocenters. The maximum atomic E-state index is 9.53. The van der Waals surface area contributed by atoms with Crippen LogP contribution in [0.3, 0.4) is 0 Å². The van der Waals surface area contributed by atoms with Crippen LogP contribution < -0.4 is 5.32 Å². The SMILES string of the molecule is CCCC1CC(NCCC(O)COC)CCO1. The summed E-state index contributed by atoms with van der Waals surface area (Å²) in [5, 5.41) is 13.0. The average molecular weight is 245 g/mol. The summed E-state index contributed by atoms with van der Waals surface area (Å²) in [5.74, 6) is 0. The maximum absolute atomic E-state index is 9.53. The van der Waals surface area contributed by atoms with E-state index in [2.05, 4.69) is 12.2 Å². The lowest BCUT2D eigenvalue weighted by molar-refractivity contribution is -0.00417. The molecule has 1 saturated heterocycles. The smallest absolute Gasteiger partial charge is 0.0785 e. The van der Waals surface area contributed by atoms with E-state index in [-0.39, 0.29) is 6.10 Å². The van der Waals surface area contributed by atoms with Crippen LogP contribution in [-0.4, -0.2) is 50.2 Å². The third kappa shape index (κ3) is 6.36. The van der Waals surface area contributed by atoms with Crippen molar-refractivity contribution in [3.05, 3.63) is 0 Å². The van der Waals surface area contributed by atoms with E-state index in [1.54, 1.807) is 7.11 Å². The zero-order chi connectivity index (χ0) is 12.5. The fourth-order valence-corrected chi connectivity index (χ4v) is 2.32. The Bertz CT molecular complexity index is 188. The molecule has 1 aliphatic heterocycles. The molecular formula is C13H27NO3. The minimum Gasteiger partial charge on any atom is -0.391 e. The van der Waals surface area contributed by atoms with E-state index in [1.807, 2.05) is 0 Å². The Labute approximate surface area is 105 Å². The van der Waals surface area contributed by atoms with E-state index >= 15 is 0 Å². The Kier molecular flexibility index (Phi) is 7.77. The molecule has 1 heterocycles. The van der Waals surface area contributed by atoms with Gasteiger partial charge in [0, 0.05) is 19.8 Å². The highest BCUT2D eigenvalue weighted by atomic mass is 16.5. The molecule has 0 bridgehead atoms. The topological polar surface area (TPSA) is 50.7 Å². The van der Waals surface area contributed by atoms with Gasteiger partial charge in [-0.1, -0.05) is 13.3 Å². The summed E-state index contributed by atoms with van der Waals surface area (Å²) >= 11 is 0. The van der Waals surface area contributed by atoms with E-state index in [9.17, 15) is 5.11 Å². The number of hydrogen-bond donors (Lipinski definition) is 2. The van der Waals surface area contributed by atoms with Gasteiger partial charge in [0.1, 0.15) is 0 Å². The number of nitrogens with one attached hydrogen (secondary N) is 1. The van der Waals surface area contributed by atoms with E-state index in [1.165, 1.54) is 6.42 Å². The number of aliphatic hydroxyl groups is 1. The molecule has 2 N–H and O–H groups in total. The van der Waals surface area contributed by atoms with Crippen LogP contribution >= 0.6 is 0 Å². The standard InChI is InChI=1S/C13H27NO3/c1-3-4-13-9-11(6-8-17-13)14-7-5-12(15)10-16-2/h11-15H,3-10H2,1-2H3. The fraction of sp³-hybridized carbons (Fsp3) is 1.00. The molecule has 0 saturated carbocycles. The molecule has 0 radical (unpaired) electrons. The van der Waals surface area contributed by atoms with E-state index in [4.69, 9.17) is 9.47 Å². The molecule has 0 amide bonds. The van der Waals surface area contributed by atoms with Crippen molar-refractivity contribution in [1.82, 2.24) is 5.32 Å². The second-order valence-corrected chi connectivity index (χ2v) is 4.85. The second-order valence-electron chi connectivity index (χ2n) is 4.85. The third-order valence-electron chi connectivity index (χ3n) is 3.25. The van der Waals surface area contributed by atoms with Gasteiger partial charge in [-0.2, -0.15) is 0 Å². The van der Waals surface area contributed by atoms with Crippen molar-refractivity contribution in [2.75, 3.05) is 26.9 Å². The van der Waals surface area contributed by atoms with E-state index in [0.717, 1.165) is 38.8 Å². The summed E-state index contributed by atoms with van der Waals surface area (Å²) in [6.07, 6.45) is 5.36. The van der Waals surface area contributed by atoms with Crippen molar-refractivity contribution < 1.29 is 14.6 Å². The zero-order valence-corrected chi connectivity index (χ0v) is 11.2. The molecule has 4 nitrogen and oxygen atoms in total. The average Bonchev–Trinajstić information content (AvgIpc) is 2.30. The van der Waals surface area contributed by atoms with Gasteiger partial charge in [0.25, 0.3) is 0 Å². The number of aliphatic hydroxyl groups excluding tert-OH is 1. The minimum atomic E-state index is -0.348. The number of ether oxygens (including phenoxy) is 2. The van der Waals surface area contributed by atoms with E-state index < -0.39 is 0 Å². The van der Waals surface area contributed by atoms with Crippen LogP contribution in [0.5, 0.6) is 0 Å².